The molecule has 0 aromatic rings. The highest BCUT2D eigenvalue weighted by atomic mass is 16.5. The summed E-state index contributed by atoms with van der Waals surface area (Å²) in [5.74, 6) is 1.02. The van der Waals surface area contributed by atoms with Gasteiger partial charge in [-0.15, -0.1) is 0 Å². The second-order valence-electron chi connectivity index (χ2n) is 4.10. The number of ether oxygens (including phenoxy) is 1. The first-order chi connectivity index (χ1) is 5.66. The van der Waals surface area contributed by atoms with Gasteiger partial charge < -0.3 is 10.5 Å². The lowest BCUT2D eigenvalue weighted by Gasteiger charge is -2.51. The Morgan fingerprint density at radius 1 is 1.58 bits per heavy atom. The summed E-state index contributed by atoms with van der Waals surface area (Å²) in [6.45, 7) is 0. The van der Waals surface area contributed by atoms with Gasteiger partial charge in [-0.1, -0.05) is 0 Å². The molecule has 0 saturated heterocycles. The van der Waals surface area contributed by atoms with Crippen LogP contribution in [0.5, 0.6) is 0 Å². The van der Waals surface area contributed by atoms with E-state index in [9.17, 15) is 4.79 Å². The summed E-state index contributed by atoms with van der Waals surface area (Å²) >= 11 is 0. The molecule has 0 amide bonds. The van der Waals surface area contributed by atoms with Crippen molar-refractivity contribution in [3.8, 4) is 0 Å². The van der Waals surface area contributed by atoms with Crippen LogP contribution in [0.3, 0.4) is 0 Å². The average Bonchev–Trinajstić information content (AvgIpc) is 2.01. The Hall–Kier alpha value is -0.570. The minimum absolute atomic E-state index is 0.217. The van der Waals surface area contributed by atoms with Gasteiger partial charge in [0, 0.05) is 0 Å². The van der Waals surface area contributed by atoms with Crippen molar-refractivity contribution in [2.75, 3.05) is 7.11 Å². The molecule has 2 bridgehead atoms. The van der Waals surface area contributed by atoms with Crippen LogP contribution in [-0.4, -0.2) is 18.6 Å². The summed E-state index contributed by atoms with van der Waals surface area (Å²) in [7, 11) is 1.42. The van der Waals surface area contributed by atoms with Crippen molar-refractivity contribution in [3.63, 3.8) is 0 Å². The zero-order chi connectivity index (χ0) is 8.77. The van der Waals surface area contributed by atoms with E-state index >= 15 is 0 Å². The van der Waals surface area contributed by atoms with E-state index in [1.54, 1.807) is 0 Å². The molecule has 3 rings (SSSR count). The molecule has 0 heterocycles. The number of nitrogens with two attached hydrogens (primary N) is 1. The molecule has 1 atom stereocenters. The Morgan fingerprint density at radius 3 is 2.67 bits per heavy atom. The maximum Gasteiger partial charge on any atom is 0.326 e. The third-order valence-corrected chi connectivity index (χ3v) is 3.50. The van der Waals surface area contributed by atoms with Crippen LogP contribution in [-0.2, 0) is 9.53 Å². The first kappa shape index (κ1) is 8.05. The van der Waals surface area contributed by atoms with Crippen LogP contribution >= 0.6 is 0 Å². The summed E-state index contributed by atoms with van der Waals surface area (Å²) in [6.07, 6.45) is 4.17. The summed E-state index contributed by atoms with van der Waals surface area (Å²) in [5, 5.41) is 0. The number of hydrogen-bond donors (Lipinski definition) is 1. The molecule has 3 heteroatoms. The van der Waals surface area contributed by atoms with Crippen LogP contribution in [0.1, 0.15) is 25.7 Å². The number of esters is 1. The molecule has 12 heavy (non-hydrogen) atoms. The van der Waals surface area contributed by atoms with E-state index < -0.39 is 5.54 Å². The molecule has 3 aliphatic rings. The van der Waals surface area contributed by atoms with Gasteiger partial charge in [-0.2, -0.15) is 0 Å². The van der Waals surface area contributed by atoms with E-state index in [-0.39, 0.29) is 5.97 Å². The average molecular weight is 169 g/mol. The van der Waals surface area contributed by atoms with Crippen LogP contribution < -0.4 is 5.73 Å². The van der Waals surface area contributed by atoms with E-state index in [0.717, 1.165) is 31.6 Å². The molecule has 0 aliphatic heterocycles. The van der Waals surface area contributed by atoms with Crippen molar-refractivity contribution in [1.82, 2.24) is 0 Å². The summed E-state index contributed by atoms with van der Waals surface area (Å²) in [6, 6.07) is 0. The van der Waals surface area contributed by atoms with Crippen LogP contribution in [0.25, 0.3) is 0 Å². The molecule has 3 saturated carbocycles. The molecule has 68 valence electrons. The van der Waals surface area contributed by atoms with Crippen LogP contribution in [0.4, 0.5) is 0 Å². The normalized spacial score (nSPS) is 44.8. The Balaban J connectivity index is 2.13. The van der Waals surface area contributed by atoms with Gasteiger partial charge in [0.05, 0.1) is 7.11 Å². The lowest BCUT2D eigenvalue weighted by molar-refractivity contribution is -0.155. The van der Waals surface area contributed by atoms with Crippen molar-refractivity contribution in [2.45, 2.75) is 31.2 Å². The van der Waals surface area contributed by atoms with Crippen molar-refractivity contribution in [3.05, 3.63) is 0 Å². The summed E-state index contributed by atoms with van der Waals surface area (Å²) < 4.78 is 4.72. The molecular formula is C9H15NO2. The fourth-order valence-electron chi connectivity index (χ4n) is 2.50. The second-order valence-corrected chi connectivity index (χ2v) is 4.10. The highest BCUT2D eigenvalue weighted by Crippen LogP contribution is 2.50. The lowest BCUT2D eigenvalue weighted by Crippen LogP contribution is -2.61. The number of hydrogen-bond acceptors (Lipinski definition) is 3. The Morgan fingerprint density at radius 2 is 2.25 bits per heavy atom. The van der Waals surface area contributed by atoms with Gasteiger partial charge in [-0.3, -0.25) is 4.79 Å². The van der Waals surface area contributed by atoms with Gasteiger partial charge in [0.2, 0.25) is 0 Å². The van der Waals surface area contributed by atoms with Gasteiger partial charge in [-0.05, 0) is 37.5 Å². The van der Waals surface area contributed by atoms with Crippen LogP contribution in [0, 0.1) is 11.8 Å². The first-order valence-corrected chi connectivity index (χ1v) is 4.54. The third kappa shape index (κ3) is 0.891. The highest BCUT2D eigenvalue weighted by molar-refractivity contribution is 5.81. The minimum atomic E-state index is -0.649. The van der Waals surface area contributed by atoms with E-state index in [2.05, 4.69) is 0 Å². The third-order valence-electron chi connectivity index (χ3n) is 3.50. The smallest absolute Gasteiger partial charge is 0.326 e. The molecule has 0 aromatic heterocycles. The van der Waals surface area contributed by atoms with E-state index in [1.807, 2.05) is 0 Å². The van der Waals surface area contributed by atoms with Crippen LogP contribution in [0.15, 0.2) is 0 Å². The molecule has 0 radical (unpaired) electrons. The number of carbonyl (C=O) groups is 1. The molecule has 3 aliphatic carbocycles. The van der Waals surface area contributed by atoms with Crippen molar-refractivity contribution < 1.29 is 9.53 Å². The topological polar surface area (TPSA) is 52.3 Å². The molecular weight excluding hydrogens is 154 g/mol. The predicted molar refractivity (Wildman–Crippen MR) is 44.4 cm³/mol. The first-order valence-electron chi connectivity index (χ1n) is 4.54. The van der Waals surface area contributed by atoms with E-state index in [1.165, 1.54) is 7.11 Å². The maximum atomic E-state index is 11.4. The van der Waals surface area contributed by atoms with E-state index in [0.29, 0.717) is 5.92 Å². The number of rotatable bonds is 1. The molecule has 3 nitrogen and oxygen atoms in total. The van der Waals surface area contributed by atoms with Gasteiger partial charge in [0.25, 0.3) is 0 Å². The summed E-state index contributed by atoms with van der Waals surface area (Å²) in [4.78, 5) is 11.4. The minimum Gasteiger partial charge on any atom is -0.468 e. The van der Waals surface area contributed by atoms with Gasteiger partial charge in [-0.25, -0.2) is 0 Å². The van der Waals surface area contributed by atoms with Crippen molar-refractivity contribution in [1.29, 1.82) is 0 Å². The zero-order valence-corrected chi connectivity index (χ0v) is 7.38. The van der Waals surface area contributed by atoms with Gasteiger partial charge in [0.15, 0.2) is 0 Å². The quantitative estimate of drug-likeness (QED) is 0.587. The monoisotopic (exact) mass is 169 g/mol. The molecule has 2 N–H and O–H groups in total. The van der Waals surface area contributed by atoms with Crippen LogP contribution in [0.2, 0.25) is 0 Å². The molecule has 0 spiro atoms. The van der Waals surface area contributed by atoms with Crippen molar-refractivity contribution in [2.24, 2.45) is 17.6 Å². The Labute approximate surface area is 72.3 Å². The number of carbonyl (C=O) groups excluding carboxylic acids is 1. The van der Waals surface area contributed by atoms with Gasteiger partial charge >= 0.3 is 5.97 Å². The van der Waals surface area contributed by atoms with Gasteiger partial charge in [0.1, 0.15) is 5.54 Å². The lowest BCUT2D eigenvalue weighted by atomic mass is 9.56. The Bertz CT molecular complexity index is 208. The highest BCUT2D eigenvalue weighted by Gasteiger charge is 2.53. The zero-order valence-electron chi connectivity index (χ0n) is 7.38. The Kier molecular flexibility index (Phi) is 1.65. The van der Waals surface area contributed by atoms with E-state index in [4.69, 9.17) is 10.5 Å². The maximum absolute atomic E-state index is 11.4. The standard InChI is InChI=1S/C9H15NO2/c1-12-8(11)9(10)3-2-6-4-7(9)5-6/h6-7H,2-5,10H2,1H3. The number of fused-ring (bicyclic) bond motifs is 2. The predicted octanol–water partition coefficient (Wildman–Crippen LogP) is 0.677. The fourth-order valence-corrected chi connectivity index (χ4v) is 2.50. The SMILES string of the molecule is COC(=O)C1(N)CCC2CC1C2. The number of methoxy groups -OCH3 is 1. The van der Waals surface area contributed by atoms with Crippen molar-refractivity contribution >= 4 is 5.97 Å². The second kappa shape index (κ2) is 2.46. The molecule has 0 aromatic carbocycles. The summed E-state index contributed by atoms with van der Waals surface area (Å²) in [5.41, 5.74) is 5.37. The molecule has 1 unspecified atom stereocenters. The molecule has 3 fully saturated rings. The fraction of sp³-hybridized carbons (Fsp3) is 0.889. The largest absolute Gasteiger partial charge is 0.468 e.